The fourth-order valence-corrected chi connectivity index (χ4v) is 2.74. The first kappa shape index (κ1) is 18.0. The van der Waals surface area contributed by atoms with E-state index in [1.165, 1.54) is 29.9 Å². The van der Waals surface area contributed by atoms with Crippen LogP contribution in [0.2, 0.25) is 0 Å². The fraction of sp³-hybridized carbons (Fsp3) is 0.350. The van der Waals surface area contributed by atoms with E-state index in [9.17, 15) is 4.79 Å². The molecular formula is C20H26N2O2. The van der Waals surface area contributed by atoms with Gasteiger partial charge in [0.2, 0.25) is 0 Å². The number of rotatable bonds is 5. The number of carbonyl (C=O) groups is 1. The highest BCUT2D eigenvalue weighted by molar-refractivity contribution is 5.90. The summed E-state index contributed by atoms with van der Waals surface area (Å²) in [5, 5.41) is 9.67. The minimum atomic E-state index is -0.451. The number of para-hydroxylation sites is 1. The Morgan fingerprint density at radius 3 is 2.21 bits per heavy atom. The molecule has 2 rings (SSSR count). The lowest BCUT2D eigenvalue weighted by Crippen LogP contribution is -2.19. The van der Waals surface area contributed by atoms with Crippen molar-refractivity contribution < 1.29 is 10.0 Å². The van der Waals surface area contributed by atoms with Crippen LogP contribution in [-0.4, -0.2) is 27.8 Å². The third kappa shape index (κ3) is 3.95. The molecule has 0 saturated heterocycles. The van der Waals surface area contributed by atoms with Crippen LogP contribution in [0.3, 0.4) is 0 Å². The third-order valence-corrected chi connectivity index (χ3v) is 4.05. The number of hydrogen-bond acceptors (Lipinski definition) is 2. The summed E-state index contributed by atoms with van der Waals surface area (Å²) in [6, 6.07) is 8.42. The van der Waals surface area contributed by atoms with E-state index in [0.29, 0.717) is 16.9 Å². The van der Waals surface area contributed by atoms with Gasteiger partial charge in [-0.2, -0.15) is 0 Å². The van der Waals surface area contributed by atoms with E-state index in [2.05, 4.69) is 50.5 Å². The zero-order chi connectivity index (χ0) is 17.9. The molecule has 1 amide bonds. The first-order valence-electron chi connectivity index (χ1n) is 8.27. The van der Waals surface area contributed by atoms with Crippen LogP contribution in [-0.2, 0) is 4.79 Å². The lowest BCUT2D eigenvalue weighted by molar-refractivity contribution is -0.153. The van der Waals surface area contributed by atoms with Gasteiger partial charge in [-0.15, -0.1) is 0 Å². The highest BCUT2D eigenvalue weighted by Crippen LogP contribution is 2.31. The molecule has 24 heavy (non-hydrogen) atoms. The van der Waals surface area contributed by atoms with Gasteiger partial charge in [0.15, 0.2) is 0 Å². The van der Waals surface area contributed by atoms with Crippen LogP contribution in [0.5, 0.6) is 0 Å². The van der Waals surface area contributed by atoms with Gasteiger partial charge in [0, 0.05) is 25.5 Å². The maximum absolute atomic E-state index is 11.5. The predicted molar refractivity (Wildman–Crippen MR) is 97.5 cm³/mol. The second-order valence-electron chi connectivity index (χ2n) is 6.64. The maximum Gasteiger partial charge on any atom is 0.269 e. The number of hydroxylamine groups is 2. The van der Waals surface area contributed by atoms with Gasteiger partial charge >= 0.3 is 0 Å². The number of aromatic nitrogens is 1. The van der Waals surface area contributed by atoms with Gasteiger partial charge in [-0.05, 0) is 40.7 Å². The van der Waals surface area contributed by atoms with Crippen LogP contribution in [0.15, 0.2) is 42.7 Å². The molecule has 0 atom stereocenters. The van der Waals surface area contributed by atoms with Crippen LogP contribution >= 0.6 is 0 Å². The molecule has 0 unspecified atom stereocenters. The zero-order valence-electron chi connectivity index (χ0n) is 15.0. The molecule has 0 aliphatic carbocycles. The molecule has 4 heteroatoms. The van der Waals surface area contributed by atoms with Crippen molar-refractivity contribution in [2.45, 2.75) is 39.5 Å². The Balaban J connectivity index is 2.44. The lowest BCUT2D eigenvalue weighted by Gasteiger charge is -2.20. The summed E-state index contributed by atoms with van der Waals surface area (Å²) in [5.74, 6) is 0.391. The molecule has 1 aromatic heterocycles. The van der Waals surface area contributed by atoms with Crippen molar-refractivity contribution in [3.05, 3.63) is 59.4 Å². The summed E-state index contributed by atoms with van der Waals surface area (Å²) < 4.78 is 2.12. The number of nitrogens with zero attached hydrogens (tertiary/aromatic N) is 2. The molecule has 0 spiro atoms. The quantitative estimate of drug-likeness (QED) is 0.496. The number of amides is 1. The zero-order valence-corrected chi connectivity index (χ0v) is 15.0. The topological polar surface area (TPSA) is 45.5 Å². The van der Waals surface area contributed by atoms with Gasteiger partial charge in [-0.25, -0.2) is 5.06 Å². The van der Waals surface area contributed by atoms with Crippen molar-refractivity contribution in [2.24, 2.45) is 0 Å². The third-order valence-electron chi connectivity index (χ3n) is 4.05. The number of likely N-dealkylation sites (N-methyl/N-ethyl adjacent to an activating group) is 1. The summed E-state index contributed by atoms with van der Waals surface area (Å²) >= 11 is 0. The SMILES string of the molecule is CC(C)c1cccc(C(C)C)c1-n1ccc(/C=C/C(=O)N(C)O)c1. The molecule has 0 aliphatic heterocycles. The molecule has 1 N–H and O–H groups in total. The molecule has 0 bridgehead atoms. The Morgan fingerprint density at radius 2 is 1.71 bits per heavy atom. The predicted octanol–water partition coefficient (Wildman–Crippen LogP) is 4.58. The molecule has 2 aromatic rings. The maximum atomic E-state index is 11.5. The smallest absolute Gasteiger partial charge is 0.269 e. The first-order valence-corrected chi connectivity index (χ1v) is 8.27. The Bertz CT molecular complexity index is 714. The van der Waals surface area contributed by atoms with Crippen molar-refractivity contribution in [3.63, 3.8) is 0 Å². The van der Waals surface area contributed by atoms with Gasteiger partial charge in [-0.3, -0.25) is 10.0 Å². The standard InChI is InChI=1S/C20H26N2O2/c1-14(2)17-7-6-8-18(15(3)4)20(17)22-12-11-16(13-22)9-10-19(23)21(5)24/h6-15,24H,1-5H3/b10-9+. The minimum absolute atomic E-state index is 0.421. The Morgan fingerprint density at radius 1 is 1.12 bits per heavy atom. The molecular weight excluding hydrogens is 300 g/mol. The molecule has 0 aliphatic rings. The molecule has 1 aromatic carbocycles. The van der Waals surface area contributed by atoms with Gasteiger partial charge < -0.3 is 4.57 Å². The first-order chi connectivity index (χ1) is 11.3. The summed E-state index contributed by atoms with van der Waals surface area (Å²) in [6.45, 7) is 8.79. The molecule has 0 saturated carbocycles. The second kappa shape index (κ2) is 7.49. The normalized spacial score (nSPS) is 11.7. The van der Waals surface area contributed by atoms with Crippen molar-refractivity contribution in [2.75, 3.05) is 7.05 Å². The van der Waals surface area contributed by atoms with E-state index in [-0.39, 0.29) is 0 Å². The monoisotopic (exact) mass is 326 g/mol. The molecule has 4 nitrogen and oxygen atoms in total. The van der Waals surface area contributed by atoms with E-state index in [0.717, 1.165) is 5.56 Å². The van der Waals surface area contributed by atoms with Gasteiger partial charge in [-0.1, -0.05) is 45.9 Å². The molecule has 0 radical (unpaired) electrons. The van der Waals surface area contributed by atoms with E-state index >= 15 is 0 Å². The Hall–Kier alpha value is -2.33. The van der Waals surface area contributed by atoms with Crippen LogP contribution < -0.4 is 0 Å². The number of hydrogen-bond donors (Lipinski definition) is 1. The van der Waals surface area contributed by atoms with Gasteiger partial charge in [0.05, 0.1) is 5.69 Å². The molecule has 128 valence electrons. The van der Waals surface area contributed by atoms with E-state index in [4.69, 9.17) is 5.21 Å². The van der Waals surface area contributed by atoms with E-state index in [1.807, 2.05) is 18.5 Å². The average Bonchev–Trinajstić information content (AvgIpc) is 3.00. The van der Waals surface area contributed by atoms with Crippen molar-refractivity contribution in [1.82, 2.24) is 9.63 Å². The largest absolute Gasteiger partial charge is 0.323 e. The number of carbonyl (C=O) groups excluding carboxylic acids is 1. The van der Waals surface area contributed by atoms with E-state index in [1.54, 1.807) is 6.08 Å². The van der Waals surface area contributed by atoms with Gasteiger partial charge in [0.1, 0.15) is 0 Å². The molecule has 1 heterocycles. The Kier molecular flexibility index (Phi) is 5.62. The summed E-state index contributed by atoms with van der Waals surface area (Å²) in [5.41, 5.74) is 4.74. The van der Waals surface area contributed by atoms with Crippen molar-refractivity contribution >= 4 is 12.0 Å². The van der Waals surface area contributed by atoms with Crippen molar-refractivity contribution in [1.29, 1.82) is 0 Å². The summed E-state index contributed by atoms with van der Waals surface area (Å²) in [6.07, 6.45) is 7.09. The van der Waals surface area contributed by atoms with Crippen LogP contribution in [0.4, 0.5) is 0 Å². The van der Waals surface area contributed by atoms with Crippen LogP contribution in [0, 0.1) is 0 Å². The van der Waals surface area contributed by atoms with Crippen LogP contribution in [0.1, 0.15) is 56.2 Å². The Labute approximate surface area is 144 Å². The van der Waals surface area contributed by atoms with Gasteiger partial charge in [0.25, 0.3) is 5.91 Å². The molecule has 0 fully saturated rings. The average molecular weight is 326 g/mol. The van der Waals surface area contributed by atoms with Crippen LogP contribution in [0.25, 0.3) is 11.8 Å². The fourth-order valence-electron chi connectivity index (χ4n) is 2.74. The minimum Gasteiger partial charge on any atom is -0.323 e. The highest BCUT2D eigenvalue weighted by atomic mass is 16.5. The second-order valence-corrected chi connectivity index (χ2v) is 6.64. The van der Waals surface area contributed by atoms with E-state index < -0.39 is 5.91 Å². The lowest BCUT2D eigenvalue weighted by atomic mass is 9.92. The summed E-state index contributed by atoms with van der Waals surface area (Å²) in [4.78, 5) is 11.5. The number of benzene rings is 1. The highest BCUT2D eigenvalue weighted by Gasteiger charge is 2.15. The summed E-state index contributed by atoms with van der Waals surface area (Å²) in [7, 11) is 1.31. The van der Waals surface area contributed by atoms with Crippen molar-refractivity contribution in [3.8, 4) is 5.69 Å².